The van der Waals surface area contributed by atoms with Crippen molar-refractivity contribution < 1.29 is 9.53 Å². The van der Waals surface area contributed by atoms with Crippen molar-refractivity contribution in [3.63, 3.8) is 0 Å². The standard InChI is InChI=1S/C16H25N3O2/c1-17(2)16(20)12-21-15-10-18-8-4-7-14(18)9-19(11-15)13-5-3-6-13/h4,7-8,13,15H,3,5-6,9-12H2,1-2H3. The summed E-state index contributed by atoms with van der Waals surface area (Å²) in [6, 6.07) is 4.99. The first kappa shape index (κ1) is 14.6. The van der Waals surface area contributed by atoms with Crippen LogP contribution in [-0.2, 0) is 22.6 Å². The number of ether oxygens (including phenoxy) is 1. The van der Waals surface area contributed by atoms with Gasteiger partial charge in [0.2, 0.25) is 5.91 Å². The van der Waals surface area contributed by atoms with Gasteiger partial charge in [-0.2, -0.15) is 0 Å². The summed E-state index contributed by atoms with van der Waals surface area (Å²) < 4.78 is 8.17. The maximum absolute atomic E-state index is 11.7. The first-order chi connectivity index (χ1) is 10.1. The number of nitrogens with zero attached hydrogens (tertiary/aromatic N) is 3. The van der Waals surface area contributed by atoms with E-state index in [4.69, 9.17) is 4.74 Å². The molecule has 0 radical (unpaired) electrons. The van der Waals surface area contributed by atoms with Crippen molar-refractivity contribution in [1.82, 2.24) is 14.4 Å². The van der Waals surface area contributed by atoms with Crippen LogP contribution in [0.25, 0.3) is 0 Å². The molecule has 1 amide bonds. The average molecular weight is 291 g/mol. The Morgan fingerprint density at radius 2 is 2.19 bits per heavy atom. The van der Waals surface area contributed by atoms with E-state index in [9.17, 15) is 4.79 Å². The smallest absolute Gasteiger partial charge is 0.248 e. The Bertz CT molecular complexity index is 493. The molecular formula is C16H25N3O2. The number of aromatic nitrogens is 1. The Morgan fingerprint density at radius 3 is 2.86 bits per heavy atom. The van der Waals surface area contributed by atoms with Gasteiger partial charge in [-0.15, -0.1) is 0 Å². The molecule has 1 aromatic rings. The monoisotopic (exact) mass is 291 g/mol. The van der Waals surface area contributed by atoms with E-state index in [1.54, 1.807) is 19.0 Å². The number of rotatable bonds is 4. The summed E-state index contributed by atoms with van der Waals surface area (Å²) in [7, 11) is 3.53. The van der Waals surface area contributed by atoms with Crippen molar-refractivity contribution >= 4 is 5.91 Å². The van der Waals surface area contributed by atoms with E-state index in [0.29, 0.717) is 6.04 Å². The van der Waals surface area contributed by atoms with Gasteiger partial charge in [0.05, 0.1) is 6.10 Å². The molecule has 1 atom stereocenters. The summed E-state index contributed by atoms with van der Waals surface area (Å²) in [6.45, 7) is 2.94. The van der Waals surface area contributed by atoms with E-state index in [-0.39, 0.29) is 18.6 Å². The number of fused-ring (bicyclic) bond motifs is 1. The van der Waals surface area contributed by atoms with Gasteiger partial charge in [-0.25, -0.2) is 0 Å². The number of amides is 1. The minimum absolute atomic E-state index is 0.0298. The SMILES string of the molecule is CN(C)C(=O)COC1CN(C2CCC2)Cc2cccn2C1. The van der Waals surface area contributed by atoms with Crippen LogP contribution >= 0.6 is 0 Å². The van der Waals surface area contributed by atoms with Crippen molar-refractivity contribution in [2.75, 3.05) is 27.2 Å². The number of carbonyl (C=O) groups is 1. The first-order valence-electron chi connectivity index (χ1n) is 7.83. The summed E-state index contributed by atoms with van der Waals surface area (Å²) in [5, 5.41) is 0. The Balaban J connectivity index is 1.66. The number of hydrogen-bond donors (Lipinski definition) is 0. The molecule has 2 aliphatic rings. The van der Waals surface area contributed by atoms with Gasteiger partial charge in [-0.05, 0) is 25.0 Å². The zero-order valence-electron chi connectivity index (χ0n) is 13.0. The number of carbonyl (C=O) groups excluding carboxylic acids is 1. The Hall–Kier alpha value is -1.33. The highest BCUT2D eigenvalue weighted by atomic mass is 16.5. The molecule has 0 bridgehead atoms. The van der Waals surface area contributed by atoms with Crippen molar-refractivity contribution in [3.05, 3.63) is 24.0 Å². The second-order valence-corrected chi connectivity index (χ2v) is 6.39. The van der Waals surface area contributed by atoms with Crippen LogP contribution in [0, 0.1) is 0 Å². The minimum atomic E-state index is 0.0298. The topological polar surface area (TPSA) is 37.7 Å². The summed E-state index contributed by atoms with van der Waals surface area (Å²) in [5.41, 5.74) is 1.35. The van der Waals surface area contributed by atoms with Crippen LogP contribution in [0.15, 0.2) is 18.3 Å². The maximum Gasteiger partial charge on any atom is 0.248 e. The molecule has 5 heteroatoms. The van der Waals surface area contributed by atoms with E-state index >= 15 is 0 Å². The van der Waals surface area contributed by atoms with Gasteiger partial charge in [0.15, 0.2) is 0 Å². The van der Waals surface area contributed by atoms with Crippen LogP contribution in [0.1, 0.15) is 25.0 Å². The lowest BCUT2D eigenvalue weighted by Gasteiger charge is -2.37. The predicted octanol–water partition coefficient (Wildman–Crippen LogP) is 1.33. The Kier molecular flexibility index (Phi) is 4.31. The van der Waals surface area contributed by atoms with Gasteiger partial charge >= 0.3 is 0 Å². The molecule has 0 aromatic carbocycles. The van der Waals surface area contributed by atoms with Crippen LogP contribution in [0.5, 0.6) is 0 Å². The van der Waals surface area contributed by atoms with Crippen molar-refractivity contribution in [2.24, 2.45) is 0 Å². The summed E-state index contributed by atoms with van der Waals surface area (Å²) >= 11 is 0. The van der Waals surface area contributed by atoms with E-state index in [0.717, 1.165) is 19.6 Å². The van der Waals surface area contributed by atoms with Gasteiger partial charge in [-0.3, -0.25) is 9.69 Å². The second kappa shape index (κ2) is 6.20. The van der Waals surface area contributed by atoms with E-state index in [2.05, 4.69) is 27.8 Å². The molecule has 1 saturated carbocycles. The van der Waals surface area contributed by atoms with Crippen LogP contribution in [0.3, 0.4) is 0 Å². The summed E-state index contributed by atoms with van der Waals surface area (Å²) in [4.78, 5) is 15.8. The van der Waals surface area contributed by atoms with Crippen LogP contribution in [0.2, 0.25) is 0 Å². The van der Waals surface area contributed by atoms with Crippen molar-refractivity contribution in [1.29, 1.82) is 0 Å². The van der Waals surface area contributed by atoms with Gasteiger partial charge in [-0.1, -0.05) is 6.42 Å². The largest absolute Gasteiger partial charge is 0.365 e. The molecule has 1 fully saturated rings. The van der Waals surface area contributed by atoms with Gasteiger partial charge in [0, 0.05) is 51.7 Å². The summed E-state index contributed by atoms with van der Waals surface area (Å²) in [5.74, 6) is 0.0298. The molecule has 0 N–H and O–H groups in total. The lowest BCUT2D eigenvalue weighted by Crippen LogP contribution is -2.44. The lowest BCUT2D eigenvalue weighted by atomic mass is 9.91. The normalized spacial score (nSPS) is 23.2. The molecule has 5 nitrogen and oxygen atoms in total. The van der Waals surface area contributed by atoms with Gasteiger partial charge < -0.3 is 14.2 Å². The molecule has 1 aromatic heterocycles. The Morgan fingerprint density at radius 1 is 1.38 bits per heavy atom. The molecular weight excluding hydrogens is 266 g/mol. The zero-order chi connectivity index (χ0) is 14.8. The second-order valence-electron chi connectivity index (χ2n) is 6.39. The zero-order valence-corrected chi connectivity index (χ0v) is 13.0. The number of likely N-dealkylation sites (N-methyl/N-ethyl adjacent to an activating group) is 1. The average Bonchev–Trinajstić information content (AvgIpc) is 2.73. The predicted molar refractivity (Wildman–Crippen MR) is 80.9 cm³/mol. The maximum atomic E-state index is 11.7. The molecule has 1 aliphatic heterocycles. The van der Waals surface area contributed by atoms with Crippen LogP contribution < -0.4 is 0 Å². The van der Waals surface area contributed by atoms with Crippen LogP contribution in [0.4, 0.5) is 0 Å². The third kappa shape index (κ3) is 3.30. The third-order valence-corrected chi connectivity index (χ3v) is 4.66. The van der Waals surface area contributed by atoms with E-state index in [1.807, 2.05) is 0 Å². The molecule has 0 saturated heterocycles. The fraction of sp³-hybridized carbons (Fsp3) is 0.688. The van der Waals surface area contributed by atoms with Crippen molar-refractivity contribution in [2.45, 2.75) is 44.5 Å². The first-order valence-corrected chi connectivity index (χ1v) is 7.83. The highest BCUT2D eigenvalue weighted by molar-refractivity contribution is 5.76. The summed E-state index contributed by atoms with van der Waals surface area (Å²) in [6.07, 6.45) is 6.13. The molecule has 1 unspecified atom stereocenters. The highest BCUT2D eigenvalue weighted by Crippen LogP contribution is 2.28. The third-order valence-electron chi connectivity index (χ3n) is 4.66. The highest BCUT2D eigenvalue weighted by Gasteiger charge is 2.30. The number of hydrogen-bond acceptors (Lipinski definition) is 3. The van der Waals surface area contributed by atoms with Crippen molar-refractivity contribution in [3.8, 4) is 0 Å². The molecule has 0 spiro atoms. The fourth-order valence-electron chi connectivity index (χ4n) is 3.04. The van der Waals surface area contributed by atoms with E-state index < -0.39 is 0 Å². The minimum Gasteiger partial charge on any atom is -0.365 e. The molecule has 2 heterocycles. The van der Waals surface area contributed by atoms with Gasteiger partial charge in [0.25, 0.3) is 0 Å². The molecule has 3 rings (SSSR count). The fourth-order valence-corrected chi connectivity index (χ4v) is 3.04. The van der Waals surface area contributed by atoms with Crippen LogP contribution in [-0.4, -0.2) is 59.7 Å². The van der Waals surface area contributed by atoms with E-state index in [1.165, 1.54) is 25.0 Å². The molecule has 1 aliphatic carbocycles. The molecule has 116 valence electrons. The lowest BCUT2D eigenvalue weighted by molar-refractivity contribution is -0.136. The molecule has 21 heavy (non-hydrogen) atoms. The quantitative estimate of drug-likeness (QED) is 0.840. The van der Waals surface area contributed by atoms with Gasteiger partial charge in [0.1, 0.15) is 6.61 Å². The Labute approximate surface area is 126 Å².